The lowest BCUT2D eigenvalue weighted by Gasteiger charge is -2.03. The Bertz CT molecular complexity index is 714. The molecule has 6 heteroatoms. The number of carboxylic acids is 1. The van der Waals surface area contributed by atoms with Crippen molar-refractivity contribution in [1.29, 1.82) is 0 Å². The fourth-order valence-corrected chi connectivity index (χ4v) is 1.91. The van der Waals surface area contributed by atoms with Crippen LogP contribution in [0.2, 0.25) is 5.02 Å². The molecule has 0 spiro atoms. The molecule has 0 aliphatic rings. The summed E-state index contributed by atoms with van der Waals surface area (Å²) in [7, 11) is 0. The van der Waals surface area contributed by atoms with Crippen molar-refractivity contribution in [2.24, 2.45) is 10.2 Å². The third kappa shape index (κ3) is 4.03. The van der Waals surface area contributed by atoms with Crippen LogP contribution in [0.1, 0.15) is 11.1 Å². The number of azo groups is 1. The smallest absolute Gasteiger partial charge is 0.307 e. The Morgan fingerprint density at radius 2 is 1.95 bits per heavy atom. The zero-order valence-electron chi connectivity index (χ0n) is 11.2. The number of phenols is 1. The van der Waals surface area contributed by atoms with Gasteiger partial charge in [-0.3, -0.25) is 4.79 Å². The molecular weight excluding hydrogens is 292 g/mol. The van der Waals surface area contributed by atoms with E-state index < -0.39 is 5.97 Å². The number of halogens is 1. The Kier molecular flexibility index (Phi) is 4.55. The van der Waals surface area contributed by atoms with Gasteiger partial charge in [0.2, 0.25) is 0 Å². The maximum atomic E-state index is 10.7. The quantitative estimate of drug-likeness (QED) is 0.821. The Morgan fingerprint density at radius 3 is 2.67 bits per heavy atom. The van der Waals surface area contributed by atoms with Crippen molar-refractivity contribution in [1.82, 2.24) is 0 Å². The van der Waals surface area contributed by atoms with Crippen LogP contribution in [-0.2, 0) is 11.2 Å². The molecule has 108 valence electrons. The number of hydrogen-bond donors (Lipinski definition) is 2. The largest absolute Gasteiger partial charge is 0.508 e. The molecule has 0 amide bonds. The van der Waals surface area contributed by atoms with Crippen LogP contribution in [-0.4, -0.2) is 16.2 Å². The molecule has 0 aliphatic carbocycles. The van der Waals surface area contributed by atoms with Gasteiger partial charge in [0.15, 0.2) is 0 Å². The first-order valence-corrected chi connectivity index (χ1v) is 6.55. The van der Waals surface area contributed by atoms with Crippen molar-refractivity contribution >= 4 is 28.9 Å². The van der Waals surface area contributed by atoms with Gasteiger partial charge in [0.25, 0.3) is 0 Å². The molecule has 0 aliphatic heterocycles. The molecule has 2 rings (SSSR count). The van der Waals surface area contributed by atoms with Gasteiger partial charge in [-0.2, -0.15) is 10.2 Å². The van der Waals surface area contributed by atoms with Crippen LogP contribution in [0.15, 0.2) is 46.6 Å². The molecule has 2 aromatic carbocycles. The average Bonchev–Trinajstić information content (AvgIpc) is 2.42. The zero-order chi connectivity index (χ0) is 15.4. The second kappa shape index (κ2) is 6.37. The number of carbonyl (C=O) groups is 1. The van der Waals surface area contributed by atoms with Gasteiger partial charge in [0.05, 0.1) is 17.8 Å². The molecule has 0 saturated heterocycles. The number of aryl methyl sites for hydroxylation is 1. The molecule has 0 heterocycles. The van der Waals surface area contributed by atoms with Crippen molar-refractivity contribution < 1.29 is 15.0 Å². The summed E-state index contributed by atoms with van der Waals surface area (Å²) in [5, 5.41) is 27.1. The Labute approximate surface area is 126 Å². The van der Waals surface area contributed by atoms with Crippen molar-refractivity contribution in [3.63, 3.8) is 0 Å². The third-order valence-electron chi connectivity index (χ3n) is 2.85. The maximum absolute atomic E-state index is 10.7. The van der Waals surface area contributed by atoms with Crippen LogP contribution in [0.3, 0.4) is 0 Å². The van der Waals surface area contributed by atoms with Gasteiger partial charge in [-0.15, -0.1) is 0 Å². The van der Waals surface area contributed by atoms with Crippen LogP contribution in [0.25, 0.3) is 0 Å². The number of aromatic hydroxyl groups is 1. The highest BCUT2D eigenvalue weighted by atomic mass is 35.5. The minimum absolute atomic E-state index is 0.0738. The highest BCUT2D eigenvalue weighted by Gasteiger charge is 2.07. The molecule has 21 heavy (non-hydrogen) atoms. The van der Waals surface area contributed by atoms with Crippen molar-refractivity contribution in [3.8, 4) is 5.75 Å². The number of nitrogens with zero attached hydrogens (tertiary/aromatic N) is 2. The topological polar surface area (TPSA) is 82.2 Å². The van der Waals surface area contributed by atoms with Gasteiger partial charge in [-0.05, 0) is 42.8 Å². The van der Waals surface area contributed by atoms with E-state index in [1.165, 1.54) is 12.1 Å². The van der Waals surface area contributed by atoms with E-state index in [0.717, 1.165) is 5.56 Å². The first kappa shape index (κ1) is 15.0. The molecule has 0 aromatic heterocycles. The molecule has 2 aromatic rings. The lowest BCUT2D eigenvalue weighted by atomic mass is 10.1. The summed E-state index contributed by atoms with van der Waals surface area (Å²) < 4.78 is 0. The molecule has 0 unspecified atom stereocenters. The van der Waals surface area contributed by atoms with Crippen molar-refractivity contribution in [3.05, 3.63) is 52.5 Å². The monoisotopic (exact) mass is 304 g/mol. The summed E-state index contributed by atoms with van der Waals surface area (Å²) in [5.74, 6) is -1.10. The molecule has 0 fully saturated rings. The summed E-state index contributed by atoms with van der Waals surface area (Å²) in [6.45, 7) is 1.89. The number of aliphatic carboxylic acids is 1. The SMILES string of the molecule is Cc1ccc(Cl)cc1N=Nc1ccc(O)c(CC(=O)O)c1. The van der Waals surface area contributed by atoms with E-state index in [2.05, 4.69) is 10.2 Å². The summed E-state index contributed by atoms with van der Waals surface area (Å²) in [5.41, 5.74) is 2.31. The van der Waals surface area contributed by atoms with E-state index in [1.54, 1.807) is 18.2 Å². The van der Waals surface area contributed by atoms with E-state index >= 15 is 0 Å². The van der Waals surface area contributed by atoms with Gasteiger partial charge in [-0.25, -0.2) is 0 Å². The molecule has 0 radical (unpaired) electrons. The van der Waals surface area contributed by atoms with Gasteiger partial charge < -0.3 is 10.2 Å². The average molecular weight is 305 g/mol. The Balaban J connectivity index is 2.28. The third-order valence-corrected chi connectivity index (χ3v) is 3.08. The molecular formula is C15H13ClN2O3. The minimum Gasteiger partial charge on any atom is -0.508 e. The highest BCUT2D eigenvalue weighted by Crippen LogP contribution is 2.28. The number of benzene rings is 2. The van der Waals surface area contributed by atoms with Gasteiger partial charge in [0, 0.05) is 10.6 Å². The van der Waals surface area contributed by atoms with Crippen LogP contribution in [0.4, 0.5) is 11.4 Å². The summed E-state index contributed by atoms with van der Waals surface area (Å²) in [6.07, 6.45) is -0.272. The number of carboxylic acid groups (broad SMARTS) is 1. The second-order valence-electron chi connectivity index (χ2n) is 4.51. The van der Waals surface area contributed by atoms with E-state index in [1.807, 2.05) is 13.0 Å². The fraction of sp³-hybridized carbons (Fsp3) is 0.133. The van der Waals surface area contributed by atoms with Crippen LogP contribution in [0, 0.1) is 6.92 Å². The van der Waals surface area contributed by atoms with E-state index in [4.69, 9.17) is 16.7 Å². The summed E-state index contributed by atoms with van der Waals surface area (Å²) in [6, 6.07) is 9.75. The van der Waals surface area contributed by atoms with Crippen LogP contribution in [0.5, 0.6) is 5.75 Å². The van der Waals surface area contributed by atoms with Gasteiger partial charge in [-0.1, -0.05) is 17.7 Å². The second-order valence-corrected chi connectivity index (χ2v) is 4.95. The Hall–Kier alpha value is -2.40. The molecule has 0 bridgehead atoms. The number of rotatable bonds is 4. The lowest BCUT2D eigenvalue weighted by molar-refractivity contribution is -0.136. The molecule has 5 nitrogen and oxygen atoms in total. The van der Waals surface area contributed by atoms with E-state index in [0.29, 0.717) is 22.0 Å². The summed E-state index contributed by atoms with van der Waals surface area (Å²) in [4.78, 5) is 10.7. The standard InChI is InChI=1S/C15H13ClN2O3/c1-9-2-3-11(16)8-13(9)18-17-12-4-5-14(19)10(6-12)7-15(20)21/h2-6,8,19H,7H2,1H3,(H,20,21). The van der Waals surface area contributed by atoms with Gasteiger partial charge in [0.1, 0.15) is 5.75 Å². The first-order valence-electron chi connectivity index (χ1n) is 6.17. The first-order chi connectivity index (χ1) is 9.95. The van der Waals surface area contributed by atoms with Crippen molar-refractivity contribution in [2.45, 2.75) is 13.3 Å². The minimum atomic E-state index is -1.02. The highest BCUT2D eigenvalue weighted by molar-refractivity contribution is 6.30. The summed E-state index contributed by atoms with van der Waals surface area (Å²) >= 11 is 5.90. The van der Waals surface area contributed by atoms with E-state index in [-0.39, 0.29) is 12.2 Å². The molecule has 2 N–H and O–H groups in total. The van der Waals surface area contributed by atoms with E-state index in [9.17, 15) is 9.90 Å². The number of phenolic OH excluding ortho intramolecular Hbond substituents is 1. The molecule has 0 saturated carbocycles. The predicted molar refractivity (Wildman–Crippen MR) is 79.8 cm³/mol. The van der Waals surface area contributed by atoms with Crippen LogP contribution >= 0.6 is 11.6 Å². The molecule has 0 atom stereocenters. The zero-order valence-corrected chi connectivity index (χ0v) is 12.0. The van der Waals surface area contributed by atoms with Crippen molar-refractivity contribution in [2.75, 3.05) is 0 Å². The fourth-order valence-electron chi connectivity index (χ4n) is 1.74. The lowest BCUT2D eigenvalue weighted by Crippen LogP contribution is -1.99. The maximum Gasteiger partial charge on any atom is 0.307 e. The van der Waals surface area contributed by atoms with Crippen LogP contribution < -0.4 is 0 Å². The predicted octanol–water partition coefficient (Wildman–Crippen LogP) is 4.40. The Morgan fingerprint density at radius 1 is 1.19 bits per heavy atom. The van der Waals surface area contributed by atoms with Gasteiger partial charge >= 0.3 is 5.97 Å². The number of hydrogen-bond acceptors (Lipinski definition) is 4. The normalized spacial score (nSPS) is 11.0.